The van der Waals surface area contributed by atoms with Gasteiger partial charge in [0.1, 0.15) is 16.5 Å². The van der Waals surface area contributed by atoms with E-state index < -0.39 is 0 Å². The molecular weight excluding hydrogens is 327 g/mol. The van der Waals surface area contributed by atoms with Crippen molar-refractivity contribution >= 4 is 32.3 Å². The summed E-state index contributed by atoms with van der Waals surface area (Å²) < 4.78 is 14.7. The van der Waals surface area contributed by atoms with E-state index in [0.717, 1.165) is 9.48 Å². The Morgan fingerprint density at radius 2 is 2.05 bits per heavy atom. The molecule has 1 heterocycles. The SMILES string of the molecule is Nc1sc(C2CCCC2)nc1-c1cc(Br)ccc1F. The minimum absolute atomic E-state index is 0.279. The lowest BCUT2D eigenvalue weighted by Gasteiger charge is -2.03. The van der Waals surface area contributed by atoms with Crippen LogP contribution in [0.1, 0.15) is 36.6 Å². The van der Waals surface area contributed by atoms with Gasteiger partial charge >= 0.3 is 0 Å². The lowest BCUT2D eigenvalue weighted by atomic mass is 10.1. The Morgan fingerprint density at radius 3 is 2.79 bits per heavy atom. The third-order valence-corrected chi connectivity index (χ3v) is 5.10. The number of anilines is 1. The maximum Gasteiger partial charge on any atom is 0.132 e. The molecule has 0 radical (unpaired) electrons. The van der Waals surface area contributed by atoms with Crippen LogP contribution in [0.2, 0.25) is 0 Å². The molecule has 2 aromatic rings. The Kier molecular flexibility index (Phi) is 3.58. The molecule has 1 aliphatic rings. The normalized spacial score (nSPS) is 16.1. The zero-order chi connectivity index (χ0) is 13.4. The van der Waals surface area contributed by atoms with Crippen LogP contribution in [0.25, 0.3) is 11.3 Å². The summed E-state index contributed by atoms with van der Waals surface area (Å²) in [5.41, 5.74) is 7.10. The summed E-state index contributed by atoms with van der Waals surface area (Å²) >= 11 is 4.87. The van der Waals surface area contributed by atoms with E-state index in [4.69, 9.17) is 5.73 Å². The number of nitrogen functional groups attached to an aromatic ring is 1. The molecule has 1 fully saturated rings. The molecule has 1 aromatic heterocycles. The van der Waals surface area contributed by atoms with E-state index >= 15 is 0 Å². The van der Waals surface area contributed by atoms with E-state index in [1.165, 1.54) is 43.1 Å². The average molecular weight is 341 g/mol. The first kappa shape index (κ1) is 13.1. The number of hydrogen-bond donors (Lipinski definition) is 1. The quantitative estimate of drug-likeness (QED) is 0.839. The summed E-state index contributed by atoms with van der Waals surface area (Å²) in [7, 11) is 0. The molecule has 1 aromatic carbocycles. The number of benzene rings is 1. The molecule has 0 unspecified atom stereocenters. The van der Waals surface area contributed by atoms with Crippen molar-refractivity contribution in [2.45, 2.75) is 31.6 Å². The Balaban J connectivity index is 2.02. The molecule has 0 saturated heterocycles. The molecule has 1 aliphatic carbocycles. The molecular formula is C14H14BrFN2S. The Hall–Kier alpha value is -0.940. The van der Waals surface area contributed by atoms with Gasteiger partial charge in [-0.15, -0.1) is 11.3 Å². The topological polar surface area (TPSA) is 38.9 Å². The third kappa shape index (κ3) is 2.54. The molecule has 3 rings (SSSR count). The monoisotopic (exact) mass is 340 g/mol. The summed E-state index contributed by atoms with van der Waals surface area (Å²) in [6.45, 7) is 0. The van der Waals surface area contributed by atoms with Crippen molar-refractivity contribution in [1.82, 2.24) is 4.98 Å². The zero-order valence-corrected chi connectivity index (χ0v) is 12.7. The number of nitrogens with zero attached hydrogens (tertiary/aromatic N) is 1. The van der Waals surface area contributed by atoms with Gasteiger partial charge in [-0.3, -0.25) is 0 Å². The molecule has 100 valence electrons. The molecule has 0 atom stereocenters. The highest BCUT2D eigenvalue weighted by molar-refractivity contribution is 9.10. The number of nitrogens with two attached hydrogens (primary N) is 1. The van der Waals surface area contributed by atoms with Crippen molar-refractivity contribution in [3.63, 3.8) is 0 Å². The molecule has 0 amide bonds. The number of halogens is 2. The molecule has 0 bridgehead atoms. The van der Waals surface area contributed by atoms with Crippen molar-refractivity contribution in [3.8, 4) is 11.3 Å². The van der Waals surface area contributed by atoms with Gasteiger partial charge in [-0.25, -0.2) is 9.37 Å². The highest BCUT2D eigenvalue weighted by atomic mass is 79.9. The summed E-state index contributed by atoms with van der Waals surface area (Å²) in [5, 5.41) is 1.67. The standard InChI is InChI=1S/C14H14BrFN2S/c15-9-5-6-11(16)10(7-9)12-13(17)19-14(18-12)8-3-1-2-4-8/h5-8H,1-4,17H2. The minimum Gasteiger partial charge on any atom is -0.389 e. The fourth-order valence-electron chi connectivity index (χ4n) is 2.57. The van der Waals surface area contributed by atoms with Crippen LogP contribution in [-0.2, 0) is 0 Å². The van der Waals surface area contributed by atoms with Gasteiger partial charge in [0.2, 0.25) is 0 Å². The lowest BCUT2D eigenvalue weighted by molar-refractivity contribution is 0.630. The first-order valence-electron chi connectivity index (χ1n) is 6.37. The Morgan fingerprint density at radius 1 is 1.32 bits per heavy atom. The summed E-state index contributed by atoms with van der Waals surface area (Å²) in [5.74, 6) is 0.231. The van der Waals surface area contributed by atoms with Crippen LogP contribution >= 0.6 is 27.3 Å². The predicted molar refractivity (Wildman–Crippen MR) is 80.8 cm³/mol. The van der Waals surface area contributed by atoms with Crippen LogP contribution in [0, 0.1) is 5.82 Å². The second-order valence-electron chi connectivity index (χ2n) is 4.87. The zero-order valence-electron chi connectivity index (χ0n) is 10.3. The van der Waals surface area contributed by atoms with Gasteiger partial charge < -0.3 is 5.73 Å². The average Bonchev–Trinajstić information content (AvgIpc) is 3.01. The molecule has 1 saturated carbocycles. The Bertz CT molecular complexity index is 605. The van der Waals surface area contributed by atoms with E-state index in [1.54, 1.807) is 12.1 Å². The van der Waals surface area contributed by atoms with Gasteiger partial charge in [0.25, 0.3) is 0 Å². The highest BCUT2D eigenvalue weighted by Crippen LogP contribution is 2.41. The van der Waals surface area contributed by atoms with Gasteiger partial charge in [0.05, 0.1) is 5.01 Å². The van der Waals surface area contributed by atoms with Crippen LogP contribution in [0.4, 0.5) is 9.39 Å². The summed E-state index contributed by atoms with van der Waals surface area (Å²) in [6, 6.07) is 4.85. The highest BCUT2D eigenvalue weighted by Gasteiger charge is 2.23. The van der Waals surface area contributed by atoms with E-state index in [-0.39, 0.29) is 5.82 Å². The van der Waals surface area contributed by atoms with Crippen molar-refractivity contribution < 1.29 is 4.39 Å². The number of thiazole rings is 1. The van der Waals surface area contributed by atoms with Gasteiger partial charge in [0.15, 0.2) is 0 Å². The van der Waals surface area contributed by atoms with Crippen molar-refractivity contribution in [2.24, 2.45) is 0 Å². The molecule has 5 heteroatoms. The van der Waals surface area contributed by atoms with Crippen molar-refractivity contribution in [1.29, 1.82) is 0 Å². The fourth-order valence-corrected chi connectivity index (χ4v) is 3.95. The molecule has 2 N–H and O–H groups in total. The first-order chi connectivity index (χ1) is 9.15. The second-order valence-corrected chi connectivity index (χ2v) is 6.85. The van der Waals surface area contributed by atoms with Gasteiger partial charge in [0, 0.05) is 16.0 Å². The van der Waals surface area contributed by atoms with Gasteiger partial charge in [-0.1, -0.05) is 28.8 Å². The van der Waals surface area contributed by atoms with E-state index in [0.29, 0.717) is 22.2 Å². The van der Waals surface area contributed by atoms with E-state index in [1.807, 2.05) is 0 Å². The minimum atomic E-state index is -0.279. The van der Waals surface area contributed by atoms with Crippen molar-refractivity contribution in [2.75, 3.05) is 5.73 Å². The van der Waals surface area contributed by atoms with Gasteiger partial charge in [-0.05, 0) is 31.0 Å². The van der Waals surface area contributed by atoms with Crippen molar-refractivity contribution in [3.05, 3.63) is 33.5 Å². The van der Waals surface area contributed by atoms with Gasteiger partial charge in [-0.2, -0.15) is 0 Å². The molecule has 0 aliphatic heterocycles. The largest absolute Gasteiger partial charge is 0.389 e. The number of aromatic nitrogens is 1. The van der Waals surface area contributed by atoms with E-state index in [9.17, 15) is 4.39 Å². The van der Waals surface area contributed by atoms with Crippen LogP contribution in [-0.4, -0.2) is 4.98 Å². The smallest absolute Gasteiger partial charge is 0.132 e. The molecule has 2 nitrogen and oxygen atoms in total. The second kappa shape index (κ2) is 5.21. The Labute approximate surface area is 124 Å². The van der Waals surface area contributed by atoms with Crippen LogP contribution in [0.15, 0.2) is 22.7 Å². The maximum absolute atomic E-state index is 13.9. The van der Waals surface area contributed by atoms with Crippen LogP contribution < -0.4 is 5.73 Å². The molecule has 0 spiro atoms. The first-order valence-corrected chi connectivity index (χ1v) is 7.97. The fraction of sp³-hybridized carbons (Fsp3) is 0.357. The number of hydrogen-bond acceptors (Lipinski definition) is 3. The molecule has 19 heavy (non-hydrogen) atoms. The maximum atomic E-state index is 13.9. The van der Waals surface area contributed by atoms with Crippen LogP contribution in [0.5, 0.6) is 0 Å². The van der Waals surface area contributed by atoms with Crippen LogP contribution in [0.3, 0.4) is 0 Å². The number of rotatable bonds is 2. The third-order valence-electron chi connectivity index (χ3n) is 3.56. The lowest BCUT2D eigenvalue weighted by Crippen LogP contribution is -1.92. The summed E-state index contributed by atoms with van der Waals surface area (Å²) in [6.07, 6.45) is 4.86. The summed E-state index contributed by atoms with van der Waals surface area (Å²) in [4.78, 5) is 4.60. The van der Waals surface area contributed by atoms with E-state index in [2.05, 4.69) is 20.9 Å². The predicted octanol–water partition coefficient (Wildman–Crippen LogP) is 4.95.